The minimum atomic E-state index is -0.393. The smallest absolute Gasteiger partial charge is 0.212 e. The van der Waals surface area contributed by atoms with Crippen molar-refractivity contribution < 1.29 is 0 Å². The van der Waals surface area contributed by atoms with E-state index in [1.807, 2.05) is 6.07 Å². The Morgan fingerprint density at radius 2 is 0.794 bits per heavy atom. The number of nitrogens with one attached hydrogen (secondary N) is 1. The average molecular weight is 870 g/mol. The molecule has 5 nitrogen and oxygen atoms in total. The predicted octanol–water partition coefficient (Wildman–Crippen LogP) is 15.5. The lowest BCUT2D eigenvalue weighted by molar-refractivity contribution is 0.661. The molecule has 0 aliphatic carbocycles. The lowest BCUT2D eigenvalue weighted by Crippen LogP contribution is -2.37. The highest BCUT2D eigenvalue weighted by Crippen LogP contribution is 2.42. The van der Waals surface area contributed by atoms with Gasteiger partial charge < -0.3 is 9.88 Å². The molecule has 1 unspecified atom stereocenters. The summed E-state index contributed by atoms with van der Waals surface area (Å²) < 4.78 is 4.79. The summed E-state index contributed by atoms with van der Waals surface area (Å²) in [6.07, 6.45) is -0.393. The Bertz CT molecular complexity index is 3900. The molecule has 1 aliphatic heterocycles. The van der Waals surface area contributed by atoms with Gasteiger partial charge in [0.2, 0.25) is 5.96 Å². The first-order chi connectivity index (χ1) is 33.7. The molecule has 1 aliphatic rings. The number of para-hydroxylation sites is 2. The highest BCUT2D eigenvalue weighted by atomic mass is 15.3. The van der Waals surface area contributed by atoms with E-state index in [1.165, 1.54) is 44.2 Å². The number of nitrogens with zero attached hydrogens (tertiary/aromatic N) is 4. The van der Waals surface area contributed by atoms with Crippen LogP contribution in [0.2, 0.25) is 0 Å². The second-order valence-corrected chi connectivity index (χ2v) is 17.4. The fourth-order valence-corrected chi connectivity index (χ4v) is 10.2. The SMILES string of the molecule is c1ccc(C2=NC(c3ccc(-c4ccccc4)cc3)NC(n3c4ccccc4c4ccc5c6ccccc6n(-c6cccc(-c7ccccc7-c7ccc(-c8ccccc8)cc7)c6)c5c43)=N2)cc1. The van der Waals surface area contributed by atoms with Gasteiger partial charge in [0.05, 0.1) is 22.1 Å². The summed E-state index contributed by atoms with van der Waals surface area (Å²) >= 11 is 0. The number of aromatic nitrogens is 2. The zero-order chi connectivity index (χ0) is 45.0. The normalized spacial score (nSPS) is 13.7. The monoisotopic (exact) mass is 869 g/mol. The van der Waals surface area contributed by atoms with Gasteiger partial charge in [-0.2, -0.15) is 4.99 Å². The van der Waals surface area contributed by atoms with E-state index in [1.54, 1.807) is 0 Å². The first kappa shape index (κ1) is 39.3. The van der Waals surface area contributed by atoms with Crippen molar-refractivity contribution in [3.8, 4) is 50.2 Å². The van der Waals surface area contributed by atoms with Crippen molar-refractivity contribution in [2.24, 2.45) is 9.98 Å². The first-order valence-electron chi connectivity index (χ1n) is 23.2. The van der Waals surface area contributed by atoms with E-state index in [2.05, 4.69) is 257 Å². The second kappa shape index (κ2) is 16.4. The van der Waals surface area contributed by atoms with Gasteiger partial charge in [0.15, 0.2) is 5.84 Å². The first-order valence-corrected chi connectivity index (χ1v) is 23.2. The van der Waals surface area contributed by atoms with Crippen molar-refractivity contribution in [1.29, 1.82) is 0 Å². The van der Waals surface area contributed by atoms with E-state index < -0.39 is 6.17 Å². The van der Waals surface area contributed by atoms with Crippen molar-refractivity contribution in [1.82, 2.24) is 14.5 Å². The molecule has 68 heavy (non-hydrogen) atoms. The van der Waals surface area contributed by atoms with Crippen LogP contribution in [0.4, 0.5) is 0 Å². The molecule has 2 aromatic heterocycles. The number of fused-ring (bicyclic) bond motifs is 7. The maximum Gasteiger partial charge on any atom is 0.212 e. The van der Waals surface area contributed by atoms with Gasteiger partial charge in [-0.25, -0.2) is 4.99 Å². The molecule has 0 amide bonds. The summed E-state index contributed by atoms with van der Waals surface area (Å²) in [4.78, 5) is 10.7. The van der Waals surface area contributed by atoms with Crippen molar-refractivity contribution in [3.05, 3.63) is 260 Å². The van der Waals surface area contributed by atoms with Crippen molar-refractivity contribution in [2.75, 3.05) is 0 Å². The summed E-state index contributed by atoms with van der Waals surface area (Å²) in [6, 6.07) is 88.9. The zero-order valence-corrected chi connectivity index (χ0v) is 37.0. The molecule has 12 aromatic rings. The number of amidine groups is 1. The van der Waals surface area contributed by atoms with E-state index in [-0.39, 0.29) is 0 Å². The van der Waals surface area contributed by atoms with Crippen LogP contribution in [0.5, 0.6) is 0 Å². The molecular formula is C63H43N5. The fraction of sp³-hybridized carbons (Fsp3) is 0.0159. The van der Waals surface area contributed by atoms with Crippen LogP contribution >= 0.6 is 0 Å². The molecule has 0 bridgehead atoms. The third kappa shape index (κ3) is 6.71. The molecule has 1 atom stereocenters. The van der Waals surface area contributed by atoms with Gasteiger partial charge in [0.25, 0.3) is 0 Å². The van der Waals surface area contributed by atoms with E-state index in [9.17, 15) is 0 Å². The number of hydrogen-bond acceptors (Lipinski definition) is 3. The van der Waals surface area contributed by atoms with Gasteiger partial charge in [-0.3, -0.25) is 4.57 Å². The molecule has 0 fully saturated rings. The number of rotatable bonds is 7. The van der Waals surface area contributed by atoms with Gasteiger partial charge >= 0.3 is 0 Å². The van der Waals surface area contributed by atoms with Crippen LogP contribution in [0.3, 0.4) is 0 Å². The van der Waals surface area contributed by atoms with Crippen LogP contribution in [-0.2, 0) is 0 Å². The van der Waals surface area contributed by atoms with Crippen molar-refractivity contribution in [3.63, 3.8) is 0 Å². The summed E-state index contributed by atoms with van der Waals surface area (Å²) in [7, 11) is 0. The Morgan fingerprint density at radius 3 is 1.41 bits per heavy atom. The van der Waals surface area contributed by atoms with Crippen LogP contribution in [0.15, 0.2) is 259 Å². The Labute approximate surface area is 394 Å². The Morgan fingerprint density at radius 1 is 0.338 bits per heavy atom. The van der Waals surface area contributed by atoms with E-state index >= 15 is 0 Å². The fourth-order valence-electron chi connectivity index (χ4n) is 10.2. The van der Waals surface area contributed by atoms with E-state index in [0.29, 0.717) is 11.8 Å². The quantitative estimate of drug-likeness (QED) is 0.170. The maximum absolute atomic E-state index is 5.42. The Balaban J connectivity index is 1.00. The number of benzene rings is 10. The van der Waals surface area contributed by atoms with E-state index in [4.69, 9.17) is 9.98 Å². The molecule has 0 spiro atoms. The molecular weight excluding hydrogens is 827 g/mol. The Hall–Kier alpha value is -9.06. The van der Waals surface area contributed by atoms with Crippen LogP contribution in [0, 0.1) is 0 Å². The minimum absolute atomic E-state index is 0.393. The van der Waals surface area contributed by atoms with E-state index in [0.717, 1.165) is 60.8 Å². The van der Waals surface area contributed by atoms with Gasteiger partial charge in [-0.15, -0.1) is 0 Å². The third-order valence-electron chi connectivity index (χ3n) is 13.4. The molecule has 0 saturated carbocycles. The highest BCUT2D eigenvalue weighted by Gasteiger charge is 2.27. The third-order valence-corrected chi connectivity index (χ3v) is 13.4. The summed E-state index contributed by atoms with van der Waals surface area (Å²) in [5, 5.41) is 8.51. The topological polar surface area (TPSA) is 46.6 Å². The lowest BCUT2D eigenvalue weighted by Gasteiger charge is -2.25. The molecule has 0 saturated heterocycles. The maximum atomic E-state index is 5.42. The molecule has 3 heterocycles. The van der Waals surface area contributed by atoms with Crippen molar-refractivity contribution in [2.45, 2.75) is 6.17 Å². The van der Waals surface area contributed by atoms with Crippen LogP contribution in [-0.4, -0.2) is 20.9 Å². The van der Waals surface area contributed by atoms with Crippen LogP contribution < -0.4 is 5.32 Å². The summed E-state index contributed by atoms with van der Waals surface area (Å²) in [5.41, 5.74) is 16.9. The van der Waals surface area contributed by atoms with Crippen LogP contribution in [0.1, 0.15) is 17.3 Å². The molecule has 13 rings (SSSR count). The summed E-state index contributed by atoms with van der Waals surface area (Å²) in [6.45, 7) is 0. The molecule has 320 valence electrons. The standard InChI is InChI=1S/C63H43N5/c1-4-17-42(18-5-1)44-31-35-46(36-32-44)51-25-10-11-26-52(51)49-23-16-24-50(41-49)67-57-29-14-12-27-53(57)55-39-40-56-54-28-13-15-30-58(54)68(60(56)59(55)67)63-65-61(47-21-8-3-9-22-47)64-62(66-63)48-37-33-45(34-38-48)43-19-6-2-7-20-43/h1-41,62H,(H,64,65,66). The Kier molecular flexibility index (Phi) is 9.50. The largest absolute Gasteiger partial charge is 0.330 e. The predicted molar refractivity (Wildman–Crippen MR) is 284 cm³/mol. The zero-order valence-electron chi connectivity index (χ0n) is 37.0. The van der Waals surface area contributed by atoms with Crippen LogP contribution in [0.25, 0.3) is 93.8 Å². The average Bonchev–Trinajstić information content (AvgIpc) is 3.95. The van der Waals surface area contributed by atoms with Gasteiger partial charge in [-0.1, -0.05) is 224 Å². The van der Waals surface area contributed by atoms with Gasteiger partial charge in [-0.05, 0) is 74.3 Å². The number of hydrogen-bond donors (Lipinski definition) is 1. The molecule has 0 radical (unpaired) electrons. The second-order valence-electron chi connectivity index (χ2n) is 17.4. The minimum Gasteiger partial charge on any atom is -0.330 e. The lowest BCUT2D eigenvalue weighted by atomic mass is 9.93. The molecule has 5 heteroatoms. The summed E-state index contributed by atoms with van der Waals surface area (Å²) in [5.74, 6) is 1.39. The highest BCUT2D eigenvalue weighted by molar-refractivity contribution is 6.26. The number of aliphatic imine (C=N–C) groups is 2. The molecule has 1 N–H and O–H groups in total. The van der Waals surface area contributed by atoms with Crippen molar-refractivity contribution >= 4 is 55.4 Å². The van der Waals surface area contributed by atoms with Gasteiger partial charge in [0.1, 0.15) is 6.17 Å². The molecule has 10 aromatic carbocycles. The van der Waals surface area contributed by atoms with Gasteiger partial charge in [0, 0.05) is 32.8 Å².